The maximum absolute atomic E-state index is 6.02. The van der Waals surface area contributed by atoms with Gasteiger partial charge in [-0.2, -0.15) is 0 Å². The van der Waals surface area contributed by atoms with Crippen LogP contribution >= 0.6 is 22.9 Å². The van der Waals surface area contributed by atoms with Gasteiger partial charge in [0.05, 0.1) is 11.4 Å². The van der Waals surface area contributed by atoms with Gasteiger partial charge in [0.1, 0.15) is 11.4 Å². The van der Waals surface area contributed by atoms with Crippen LogP contribution < -0.4 is 4.80 Å². The van der Waals surface area contributed by atoms with Crippen molar-refractivity contribution in [1.82, 2.24) is 9.72 Å². The maximum atomic E-state index is 6.02. The monoisotopic (exact) mass is 469 g/mol. The SMILES string of the molecule is Cc1noc(/C=C/c2ccc(Cl)cc2)c1-n1c(-c2ccccc2)csc1=Nc1ccccc1. The first-order valence-corrected chi connectivity index (χ1v) is 11.7. The summed E-state index contributed by atoms with van der Waals surface area (Å²) in [5, 5.41) is 7.10. The van der Waals surface area contributed by atoms with E-state index in [0.717, 1.165) is 38.7 Å². The molecule has 2 aromatic heterocycles. The van der Waals surface area contributed by atoms with Crippen LogP contribution in [-0.4, -0.2) is 9.72 Å². The summed E-state index contributed by atoms with van der Waals surface area (Å²) in [6, 6.07) is 27.9. The van der Waals surface area contributed by atoms with Gasteiger partial charge in [-0.05, 0) is 48.4 Å². The van der Waals surface area contributed by atoms with Crippen molar-refractivity contribution in [2.45, 2.75) is 6.92 Å². The summed E-state index contributed by atoms with van der Waals surface area (Å²) in [6.07, 6.45) is 3.92. The highest BCUT2D eigenvalue weighted by molar-refractivity contribution is 7.07. The Morgan fingerprint density at radius 3 is 2.33 bits per heavy atom. The fourth-order valence-corrected chi connectivity index (χ4v) is 4.58. The van der Waals surface area contributed by atoms with Crippen LogP contribution in [0.1, 0.15) is 17.0 Å². The molecule has 0 aliphatic carbocycles. The van der Waals surface area contributed by atoms with Crippen molar-refractivity contribution < 1.29 is 4.52 Å². The third-order valence-corrected chi connectivity index (χ3v) is 6.21. The number of hydrogen-bond donors (Lipinski definition) is 0. The minimum Gasteiger partial charge on any atom is -0.354 e. The highest BCUT2D eigenvalue weighted by Crippen LogP contribution is 2.29. The molecule has 0 fully saturated rings. The summed E-state index contributed by atoms with van der Waals surface area (Å²) in [4.78, 5) is 5.77. The number of aryl methyl sites for hydroxylation is 1. The molecular formula is C27H20ClN3OS. The molecule has 0 saturated carbocycles. The Morgan fingerprint density at radius 2 is 1.61 bits per heavy atom. The molecule has 0 atom stereocenters. The summed E-state index contributed by atoms with van der Waals surface area (Å²) < 4.78 is 7.87. The average Bonchev–Trinajstić information content (AvgIpc) is 3.42. The Kier molecular flexibility index (Phi) is 6.07. The minimum atomic E-state index is 0.660. The van der Waals surface area contributed by atoms with E-state index in [1.54, 1.807) is 11.3 Å². The standard InChI is InChI=1S/C27H20ClN3OS/c1-19-26(25(32-30-19)17-14-20-12-15-22(28)16-13-20)31-24(21-8-4-2-5-9-21)18-33-27(31)29-23-10-6-3-7-11-23/h2-18H,1H3/b17-14+,29-27?. The summed E-state index contributed by atoms with van der Waals surface area (Å²) in [5.74, 6) is 0.660. The lowest BCUT2D eigenvalue weighted by Crippen LogP contribution is -2.15. The van der Waals surface area contributed by atoms with Gasteiger partial charge in [-0.1, -0.05) is 83.5 Å². The Morgan fingerprint density at radius 1 is 0.909 bits per heavy atom. The molecule has 0 bridgehead atoms. The van der Waals surface area contributed by atoms with E-state index in [2.05, 4.69) is 27.2 Å². The van der Waals surface area contributed by atoms with Gasteiger partial charge in [0.2, 0.25) is 0 Å². The zero-order valence-corrected chi connectivity index (χ0v) is 19.4. The van der Waals surface area contributed by atoms with Crippen LogP contribution in [0.4, 0.5) is 5.69 Å². The molecule has 5 rings (SSSR count). The molecule has 33 heavy (non-hydrogen) atoms. The van der Waals surface area contributed by atoms with E-state index in [9.17, 15) is 0 Å². The zero-order valence-electron chi connectivity index (χ0n) is 17.9. The number of aromatic nitrogens is 2. The van der Waals surface area contributed by atoms with Crippen LogP contribution in [0.15, 0.2) is 99.8 Å². The van der Waals surface area contributed by atoms with Crippen molar-refractivity contribution in [2.75, 3.05) is 0 Å². The van der Waals surface area contributed by atoms with E-state index in [-0.39, 0.29) is 0 Å². The fraction of sp³-hybridized carbons (Fsp3) is 0.0370. The Balaban J connectivity index is 1.69. The summed E-state index contributed by atoms with van der Waals surface area (Å²) >= 11 is 7.60. The van der Waals surface area contributed by atoms with E-state index in [4.69, 9.17) is 21.1 Å². The van der Waals surface area contributed by atoms with Gasteiger partial charge in [-0.3, -0.25) is 4.57 Å². The van der Waals surface area contributed by atoms with E-state index in [0.29, 0.717) is 10.8 Å². The van der Waals surface area contributed by atoms with Crippen molar-refractivity contribution in [2.24, 2.45) is 4.99 Å². The van der Waals surface area contributed by atoms with Crippen LogP contribution in [0.5, 0.6) is 0 Å². The van der Waals surface area contributed by atoms with Gasteiger partial charge < -0.3 is 4.52 Å². The smallest absolute Gasteiger partial charge is 0.195 e. The van der Waals surface area contributed by atoms with E-state index in [1.165, 1.54) is 0 Å². The van der Waals surface area contributed by atoms with Crippen LogP contribution in [0.3, 0.4) is 0 Å². The third-order valence-electron chi connectivity index (χ3n) is 5.14. The maximum Gasteiger partial charge on any atom is 0.195 e. The number of nitrogens with zero attached hydrogens (tertiary/aromatic N) is 3. The largest absolute Gasteiger partial charge is 0.354 e. The highest BCUT2D eigenvalue weighted by atomic mass is 35.5. The molecule has 0 N–H and O–H groups in total. The van der Waals surface area contributed by atoms with E-state index in [1.807, 2.05) is 91.9 Å². The average molecular weight is 470 g/mol. The lowest BCUT2D eigenvalue weighted by molar-refractivity contribution is 0.408. The molecule has 3 aromatic carbocycles. The van der Waals surface area contributed by atoms with E-state index < -0.39 is 0 Å². The van der Waals surface area contributed by atoms with Gasteiger partial charge in [-0.15, -0.1) is 11.3 Å². The number of benzene rings is 3. The first-order chi connectivity index (χ1) is 16.2. The fourth-order valence-electron chi connectivity index (χ4n) is 3.54. The number of thiazole rings is 1. The van der Waals surface area contributed by atoms with Crippen molar-refractivity contribution in [3.63, 3.8) is 0 Å². The quantitative estimate of drug-likeness (QED) is 0.266. The van der Waals surface area contributed by atoms with Crippen molar-refractivity contribution in [3.8, 4) is 16.9 Å². The summed E-state index contributed by atoms with van der Waals surface area (Å²) in [5.41, 5.74) is 5.69. The number of hydrogen-bond acceptors (Lipinski definition) is 4. The van der Waals surface area contributed by atoms with Crippen LogP contribution in [0.2, 0.25) is 5.02 Å². The predicted molar refractivity (Wildman–Crippen MR) is 136 cm³/mol. The molecule has 4 nitrogen and oxygen atoms in total. The predicted octanol–water partition coefficient (Wildman–Crippen LogP) is 7.56. The second-order valence-electron chi connectivity index (χ2n) is 7.42. The lowest BCUT2D eigenvalue weighted by atomic mass is 10.1. The molecule has 0 spiro atoms. The van der Waals surface area contributed by atoms with E-state index >= 15 is 0 Å². The second-order valence-corrected chi connectivity index (χ2v) is 8.69. The molecule has 6 heteroatoms. The third kappa shape index (κ3) is 4.60. The molecule has 0 radical (unpaired) electrons. The summed E-state index contributed by atoms with van der Waals surface area (Å²) in [7, 11) is 0. The molecule has 5 aromatic rings. The van der Waals surface area contributed by atoms with Crippen molar-refractivity contribution in [1.29, 1.82) is 0 Å². The molecule has 0 aliphatic heterocycles. The Hall–Kier alpha value is -3.67. The second kappa shape index (κ2) is 9.45. The highest BCUT2D eigenvalue weighted by Gasteiger charge is 2.19. The Labute approximate surface area is 200 Å². The van der Waals surface area contributed by atoms with Gasteiger partial charge >= 0.3 is 0 Å². The molecule has 2 heterocycles. The lowest BCUT2D eigenvalue weighted by Gasteiger charge is -2.09. The first kappa shape index (κ1) is 21.2. The molecule has 0 amide bonds. The van der Waals surface area contributed by atoms with Gasteiger partial charge in [0.15, 0.2) is 10.6 Å². The molecular weight excluding hydrogens is 450 g/mol. The number of rotatable bonds is 5. The van der Waals surface area contributed by atoms with Crippen molar-refractivity contribution in [3.05, 3.63) is 117 Å². The minimum absolute atomic E-state index is 0.660. The Bertz CT molecular complexity index is 1460. The van der Waals surface area contributed by atoms with Gasteiger partial charge in [0, 0.05) is 10.4 Å². The number of halogens is 1. The van der Waals surface area contributed by atoms with Gasteiger partial charge in [-0.25, -0.2) is 4.99 Å². The van der Waals surface area contributed by atoms with Gasteiger partial charge in [0.25, 0.3) is 0 Å². The molecule has 0 aliphatic rings. The number of para-hydroxylation sites is 1. The van der Waals surface area contributed by atoms with Crippen molar-refractivity contribution >= 4 is 40.8 Å². The summed E-state index contributed by atoms with van der Waals surface area (Å²) in [6.45, 7) is 1.95. The normalized spacial score (nSPS) is 12.0. The molecule has 0 unspecified atom stereocenters. The van der Waals surface area contributed by atoms with Crippen LogP contribution in [-0.2, 0) is 0 Å². The van der Waals surface area contributed by atoms with Crippen LogP contribution in [0.25, 0.3) is 29.1 Å². The van der Waals surface area contributed by atoms with Crippen LogP contribution in [0, 0.1) is 6.92 Å². The first-order valence-electron chi connectivity index (χ1n) is 10.4. The topological polar surface area (TPSA) is 43.3 Å². The molecule has 162 valence electrons. The molecule has 0 saturated heterocycles. The zero-order chi connectivity index (χ0) is 22.6.